The van der Waals surface area contributed by atoms with Gasteiger partial charge in [-0.3, -0.25) is 9.59 Å². The normalized spacial score (nSPS) is 10.9. The molecule has 15 heavy (non-hydrogen) atoms. The molecule has 0 rings (SSSR count). The van der Waals surface area contributed by atoms with E-state index >= 15 is 0 Å². The minimum Gasteiger partial charge on any atom is -0.469 e. The topological polar surface area (TPSA) is 52.6 Å². The fourth-order valence-corrected chi connectivity index (χ4v) is 1.57. The van der Waals surface area contributed by atoms with Gasteiger partial charge in [0.2, 0.25) is 0 Å². The lowest BCUT2D eigenvalue weighted by atomic mass is 9.79. The van der Waals surface area contributed by atoms with Gasteiger partial charge in [0.15, 0.2) is 0 Å². The van der Waals surface area contributed by atoms with Gasteiger partial charge in [-0.25, -0.2) is 0 Å². The van der Waals surface area contributed by atoms with Gasteiger partial charge >= 0.3 is 11.9 Å². The van der Waals surface area contributed by atoms with Crippen LogP contribution in [0.5, 0.6) is 0 Å². The van der Waals surface area contributed by atoms with E-state index in [1.807, 2.05) is 13.8 Å². The van der Waals surface area contributed by atoms with Crippen LogP contribution in [0.25, 0.3) is 0 Å². The first-order chi connectivity index (χ1) is 7.06. The molecule has 0 aromatic heterocycles. The molecule has 0 saturated carbocycles. The highest BCUT2D eigenvalue weighted by atomic mass is 16.5. The van der Waals surface area contributed by atoms with Crippen molar-refractivity contribution >= 4 is 11.9 Å². The molecular formula is C11H20O4. The Bertz CT molecular complexity index is 219. The highest BCUT2D eigenvalue weighted by molar-refractivity contribution is 5.83. The first kappa shape index (κ1) is 13.9. The van der Waals surface area contributed by atoms with E-state index in [1.54, 1.807) is 6.92 Å². The van der Waals surface area contributed by atoms with Gasteiger partial charge in [0.1, 0.15) is 0 Å². The van der Waals surface area contributed by atoms with E-state index in [9.17, 15) is 9.59 Å². The number of esters is 2. The van der Waals surface area contributed by atoms with E-state index < -0.39 is 5.41 Å². The lowest BCUT2D eigenvalue weighted by Crippen LogP contribution is -2.34. The van der Waals surface area contributed by atoms with Crippen molar-refractivity contribution in [3.05, 3.63) is 0 Å². The fourth-order valence-electron chi connectivity index (χ4n) is 1.57. The zero-order valence-electron chi connectivity index (χ0n) is 9.96. The molecule has 0 bridgehead atoms. The molecule has 0 saturated heterocycles. The van der Waals surface area contributed by atoms with E-state index in [0.717, 1.165) is 0 Å². The van der Waals surface area contributed by atoms with Gasteiger partial charge in [0.05, 0.1) is 25.6 Å². The summed E-state index contributed by atoms with van der Waals surface area (Å²) < 4.78 is 9.58. The number of ether oxygens (including phenoxy) is 2. The van der Waals surface area contributed by atoms with Crippen molar-refractivity contribution in [1.82, 2.24) is 0 Å². The third-order valence-corrected chi connectivity index (χ3v) is 2.76. The maximum atomic E-state index is 11.6. The van der Waals surface area contributed by atoms with Crippen LogP contribution >= 0.6 is 0 Å². The van der Waals surface area contributed by atoms with E-state index in [1.165, 1.54) is 7.11 Å². The van der Waals surface area contributed by atoms with Crippen LogP contribution in [0, 0.1) is 5.41 Å². The number of carbonyl (C=O) groups excluding carboxylic acids is 2. The summed E-state index contributed by atoms with van der Waals surface area (Å²) in [5.41, 5.74) is -0.721. The second-order valence-corrected chi connectivity index (χ2v) is 3.46. The molecule has 0 atom stereocenters. The Hall–Kier alpha value is -1.06. The average Bonchev–Trinajstić information content (AvgIpc) is 2.25. The summed E-state index contributed by atoms with van der Waals surface area (Å²) in [6.45, 7) is 5.83. The number of hydrogen-bond acceptors (Lipinski definition) is 4. The summed E-state index contributed by atoms with van der Waals surface area (Å²) in [4.78, 5) is 23.0. The van der Waals surface area contributed by atoms with Crippen LogP contribution in [0.2, 0.25) is 0 Å². The van der Waals surface area contributed by atoms with E-state index in [0.29, 0.717) is 19.4 Å². The smallest absolute Gasteiger partial charge is 0.312 e. The number of carbonyl (C=O) groups is 2. The van der Waals surface area contributed by atoms with Crippen molar-refractivity contribution in [2.24, 2.45) is 5.41 Å². The Balaban J connectivity index is 4.63. The van der Waals surface area contributed by atoms with Crippen LogP contribution in [-0.2, 0) is 19.1 Å². The van der Waals surface area contributed by atoms with Gasteiger partial charge in [-0.2, -0.15) is 0 Å². The van der Waals surface area contributed by atoms with Crippen molar-refractivity contribution in [1.29, 1.82) is 0 Å². The molecule has 0 aromatic carbocycles. The second kappa shape index (κ2) is 6.43. The fraction of sp³-hybridized carbons (Fsp3) is 0.818. The van der Waals surface area contributed by atoms with Crippen LogP contribution in [-0.4, -0.2) is 25.7 Å². The van der Waals surface area contributed by atoms with Crippen LogP contribution in [0.3, 0.4) is 0 Å². The van der Waals surface area contributed by atoms with Gasteiger partial charge < -0.3 is 9.47 Å². The zero-order chi connectivity index (χ0) is 11.9. The molecule has 0 aliphatic rings. The van der Waals surface area contributed by atoms with Gasteiger partial charge in [-0.1, -0.05) is 13.8 Å². The van der Waals surface area contributed by atoms with Gasteiger partial charge in [0.25, 0.3) is 0 Å². The highest BCUT2D eigenvalue weighted by Crippen LogP contribution is 2.32. The summed E-state index contributed by atoms with van der Waals surface area (Å²) in [5, 5.41) is 0. The predicted octanol–water partition coefficient (Wildman–Crippen LogP) is 1.92. The molecule has 0 aliphatic carbocycles. The Kier molecular flexibility index (Phi) is 5.97. The monoisotopic (exact) mass is 216 g/mol. The van der Waals surface area contributed by atoms with Crippen molar-refractivity contribution < 1.29 is 19.1 Å². The molecule has 0 amide bonds. The lowest BCUT2D eigenvalue weighted by molar-refractivity contribution is -0.161. The molecular weight excluding hydrogens is 196 g/mol. The molecule has 4 nitrogen and oxygen atoms in total. The van der Waals surface area contributed by atoms with Gasteiger partial charge in [-0.05, 0) is 19.8 Å². The standard InChI is InChI=1S/C11H20O4/c1-5-11(6-2,10(13)14-4)8-9(12)15-7-3/h5-8H2,1-4H3. The lowest BCUT2D eigenvalue weighted by Gasteiger charge is -2.27. The molecule has 0 aliphatic heterocycles. The second-order valence-electron chi connectivity index (χ2n) is 3.46. The van der Waals surface area contributed by atoms with Gasteiger partial charge in [0, 0.05) is 0 Å². The number of rotatable bonds is 6. The van der Waals surface area contributed by atoms with E-state index in [-0.39, 0.29) is 18.4 Å². The Labute approximate surface area is 90.9 Å². The number of hydrogen-bond donors (Lipinski definition) is 0. The average molecular weight is 216 g/mol. The first-order valence-electron chi connectivity index (χ1n) is 5.30. The quantitative estimate of drug-likeness (QED) is 0.636. The molecule has 0 fully saturated rings. The molecule has 88 valence electrons. The number of methoxy groups -OCH3 is 1. The maximum absolute atomic E-state index is 11.6. The first-order valence-corrected chi connectivity index (χ1v) is 5.30. The Morgan fingerprint density at radius 2 is 1.67 bits per heavy atom. The van der Waals surface area contributed by atoms with E-state index in [2.05, 4.69) is 0 Å². The Morgan fingerprint density at radius 1 is 1.13 bits per heavy atom. The Morgan fingerprint density at radius 3 is 2.00 bits per heavy atom. The van der Waals surface area contributed by atoms with Crippen molar-refractivity contribution in [2.75, 3.05) is 13.7 Å². The molecule has 0 radical (unpaired) electrons. The third-order valence-electron chi connectivity index (χ3n) is 2.76. The van der Waals surface area contributed by atoms with Gasteiger partial charge in [-0.15, -0.1) is 0 Å². The zero-order valence-corrected chi connectivity index (χ0v) is 9.96. The van der Waals surface area contributed by atoms with Crippen molar-refractivity contribution in [2.45, 2.75) is 40.0 Å². The van der Waals surface area contributed by atoms with Crippen LogP contribution in [0.4, 0.5) is 0 Å². The third kappa shape index (κ3) is 3.53. The van der Waals surface area contributed by atoms with Crippen LogP contribution in [0.15, 0.2) is 0 Å². The summed E-state index contributed by atoms with van der Waals surface area (Å²) in [7, 11) is 1.34. The minimum atomic E-state index is -0.721. The van der Waals surface area contributed by atoms with Crippen molar-refractivity contribution in [3.63, 3.8) is 0 Å². The summed E-state index contributed by atoms with van der Waals surface area (Å²) >= 11 is 0. The molecule has 0 N–H and O–H groups in total. The molecule has 0 aromatic rings. The minimum absolute atomic E-state index is 0.0977. The highest BCUT2D eigenvalue weighted by Gasteiger charge is 2.38. The maximum Gasteiger partial charge on any atom is 0.312 e. The molecule has 0 spiro atoms. The van der Waals surface area contributed by atoms with Crippen LogP contribution in [0.1, 0.15) is 40.0 Å². The van der Waals surface area contributed by atoms with E-state index in [4.69, 9.17) is 9.47 Å². The predicted molar refractivity (Wildman–Crippen MR) is 56.3 cm³/mol. The largest absolute Gasteiger partial charge is 0.469 e. The molecule has 0 unspecified atom stereocenters. The summed E-state index contributed by atoms with van der Waals surface area (Å²) in [6.07, 6.45) is 1.25. The summed E-state index contributed by atoms with van der Waals surface area (Å²) in [6, 6.07) is 0. The van der Waals surface area contributed by atoms with Crippen LogP contribution < -0.4 is 0 Å². The van der Waals surface area contributed by atoms with Crippen molar-refractivity contribution in [3.8, 4) is 0 Å². The molecule has 4 heteroatoms. The molecule has 0 heterocycles. The SMILES string of the molecule is CCOC(=O)CC(CC)(CC)C(=O)OC. The summed E-state index contributed by atoms with van der Waals surface area (Å²) in [5.74, 6) is -0.674.